The lowest BCUT2D eigenvalue weighted by Gasteiger charge is -2.16. The van der Waals surface area contributed by atoms with Crippen LogP contribution in [0.15, 0.2) is 48.8 Å². The number of hydrogen-bond acceptors (Lipinski definition) is 3. The monoisotopic (exact) mass is 243 g/mol. The van der Waals surface area contributed by atoms with E-state index in [4.69, 9.17) is 4.74 Å². The van der Waals surface area contributed by atoms with Crippen molar-refractivity contribution in [1.82, 2.24) is 4.98 Å². The Kier molecular flexibility index (Phi) is 3.57. The highest BCUT2D eigenvalue weighted by atomic mass is 16.5. The van der Waals surface area contributed by atoms with Gasteiger partial charge in [0.2, 0.25) is 6.10 Å². The molecule has 4 heteroatoms. The second kappa shape index (κ2) is 5.31. The van der Waals surface area contributed by atoms with E-state index < -0.39 is 12.1 Å². The molecule has 1 atom stereocenters. The third kappa shape index (κ3) is 2.66. The summed E-state index contributed by atoms with van der Waals surface area (Å²) in [5.41, 5.74) is 1.42. The van der Waals surface area contributed by atoms with Crippen molar-refractivity contribution in [1.29, 1.82) is 0 Å². The predicted octanol–water partition coefficient (Wildman–Crippen LogP) is 2.59. The molecule has 2 aromatic rings. The van der Waals surface area contributed by atoms with E-state index in [9.17, 15) is 9.90 Å². The molecule has 0 saturated carbocycles. The van der Waals surface area contributed by atoms with E-state index in [1.165, 1.54) is 0 Å². The number of benzene rings is 1. The second-order valence-electron chi connectivity index (χ2n) is 3.89. The van der Waals surface area contributed by atoms with Crippen molar-refractivity contribution in [3.05, 3.63) is 59.9 Å². The zero-order valence-corrected chi connectivity index (χ0v) is 9.91. The Hall–Kier alpha value is -2.36. The van der Waals surface area contributed by atoms with Crippen LogP contribution < -0.4 is 4.74 Å². The number of carbonyl (C=O) groups is 1. The minimum Gasteiger partial charge on any atom is -0.478 e. The van der Waals surface area contributed by atoms with Crippen LogP contribution in [0.1, 0.15) is 17.2 Å². The normalized spacial score (nSPS) is 11.8. The van der Waals surface area contributed by atoms with Gasteiger partial charge in [-0.25, -0.2) is 4.79 Å². The average molecular weight is 243 g/mol. The van der Waals surface area contributed by atoms with Gasteiger partial charge in [-0.3, -0.25) is 4.98 Å². The SMILES string of the molecule is Cc1cnccc1OC(C(=O)O)c1ccccc1. The summed E-state index contributed by atoms with van der Waals surface area (Å²) in [6.07, 6.45) is 2.21. The van der Waals surface area contributed by atoms with Gasteiger partial charge in [0, 0.05) is 23.5 Å². The maximum Gasteiger partial charge on any atom is 0.349 e. The third-order valence-corrected chi connectivity index (χ3v) is 2.54. The Labute approximate surface area is 105 Å². The fourth-order valence-electron chi connectivity index (χ4n) is 1.61. The van der Waals surface area contributed by atoms with Gasteiger partial charge in [-0.15, -0.1) is 0 Å². The Morgan fingerprint density at radius 2 is 2.00 bits per heavy atom. The third-order valence-electron chi connectivity index (χ3n) is 2.54. The molecular formula is C14H13NO3. The molecule has 0 aliphatic heterocycles. The first-order valence-corrected chi connectivity index (χ1v) is 5.53. The van der Waals surface area contributed by atoms with Gasteiger partial charge in [0.15, 0.2) is 0 Å². The van der Waals surface area contributed by atoms with Gasteiger partial charge < -0.3 is 9.84 Å². The van der Waals surface area contributed by atoms with Crippen molar-refractivity contribution in [3.8, 4) is 5.75 Å². The summed E-state index contributed by atoms with van der Waals surface area (Å²) in [4.78, 5) is 15.2. The molecule has 1 aromatic carbocycles. The van der Waals surface area contributed by atoms with Gasteiger partial charge >= 0.3 is 5.97 Å². The lowest BCUT2D eigenvalue weighted by Crippen LogP contribution is -2.18. The summed E-state index contributed by atoms with van der Waals surface area (Å²) in [5, 5.41) is 9.24. The molecule has 1 N–H and O–H groups in total. The first kappa shape index (κ1) is 12.1. The van der Waals surface area contributed by atoms with Crippen LogP contribution in [0.2, 0.25) is 0 Å². The van der Waals surface area contributed by atoms with Crippen LogP contribution >= 0.6 is 0 Å². The van der Waals surface area contributed by atoms with Crippen LogP contribution in [0.5, 0.6) is 5.75 Å². The number of aliphatic carboxylic acids is 1. The fraction of sp³-hybridized carbons (Fsp3) is 0.143. The first-order chi connectivity index (χ1) is 8.68. The summed E-state index contributed by atoms with van der Waals surface area (Å²) in [6.45, 7) is 1.83. The molecule has 1 unspecified atom stereocenters. The number of nitrogens with zero attached hydrogens (tertiary/aromatic N) is 1. The van der Waals surface area contributed by atoms with E-state index in [-0.39, 0.29) is 0 Å². The molecule has 0 spiro atoms. The van der Waals surface area contributed by atoms with E-state index in [1.54, 1.807) is 42.7 Å². The minimum absolute atomic E-state index is 0.529. The zero-order chi connectivity index (χ0) is 13.0. The molecule has 18 heavy (non-hydrogen) atoms. The summed E-state index contributed by atoms with van der Waals surface area (Å²) < 4.78 is 5.55. The summed E-state index contributed by atoms with van der Waals surface area (Å²) in [6, 6.07) is 10.5. The van der Waals surface area contributed by atoms with Crippen molar-refractivity contribution in [2.75, 3.05) is 0 Å². The lowest BCUT2D eigenvalue weighted by molar-refractivity contribution is -0.145. The quantitative estimate of drug-likeness (QED) is 0.896. The highest BCUT2D eigenvalue weighted by Crippen LogP contribution is 2.24. The molecule has 0 amide bonds. The molecule has 0 aliphatic carbocycles. The molecule has 92 valence electrons. The molecule has 2 rings (SSSR count). The topological polar surface area (TPSA) is 59.4 Å². The van der Waals surface area contributed by atoms with Crippen LogP contribution in [0.25, 0.3) is 0 Å². The van der Waals surface area contributed by atoms with E-state index in [1.807, 2.05) is 13.0 Å². The molecular weight excluding hydrogens is 230 g/mol. The molecule has 0 aliphatic rings. The Balaban J connectivity index is 2.28. The number of carboxylic acids is 1. The van der Waals surface area contributed by atoms with Crippen LogP contribution in [0.3, 0.4) is 0 Å². The Bertz CT molecular complexity index is 540. The number of hydrogen-bond donors (Lipinski definition) is 1. The molecule has 0 bridgehead atoms. The first-order valence-electron chi connectivity index (χ1n) is 5.53. The number of carboxylic acid groups (broad SMARTS) is 1. The van der Waals surface area contributed by atoms with Crippen molar-refractivity contribution < 1.29 is 14.6 Å². The summed E-state index contributed by atoms with van der Waals surface area (Å²) in [5.74, 6) is -0.487. The van der Waals surface area contributed by atoms with Gasteiger partial charge in [-0.05, 0) is 13.0 Å². The molecule has 1 heterocycles. The largest absolute Gasteiger partial charge is 0.478 e. The standard InChI is InChI=1S/C14H13NO3/c1-10-9-15-8-7-12(10)18-13(14(16)17)11-5-3-2-4-6-11/h2-9,13H,1H3,(H,16,17). The van der Waals surface area contributed by atoms with E-state index in [2.05, 4.69) is 4.98 Å². The summed E-state index contributed by atoms with van der Waals surface area (Å²) >= 11 is 0. The fourth-order valence-corrected chi connectivity index (χ4v) is 1.61. The maximum absolute atomic E-state index is 11.3. The van der Waals surface area contributed by atoms with E-state index >= 15 is 0 Å². The van der Waals surface area contributed by atoms with E-state index in [0.29, 0.717) is 11.3 Å². The van der Waals surface area contributed by atoms with Gasteiger partial charge in [0.05, 0.1) is 0 Å². The molecule has 1 aromatic heterocycles. The zero-order valence-electron chi connectivity index (χ0n) is 9.91. The number of rotatable bonds is 4. The molecule has 0 radical (unpaired) electrons. The predicted molar refractivity (Wildman–Crippen MR) is 66.4 cm³/mol. The Morgan fingerprint density at radius 3 is 2.61 bits per heavy atom. The van der Waals surface area contributed by atoms with Crippen LogP contribution in [0.4, 0.5) is 0 Å². The molecule has 0 saturated heterocycles. The number of aromatic nitrogens is 1. The lowest BCUT2D eigenvalue weighted by atomic mass is 10.1. The van der Waals surface area contributed by atoms with Crippen molar-refractivity contribution >= 4 is 5.97 Å². The van der Waals surface area contributed by atoms with Crippen molar-refractivity contribution in [2.45, 2.75) is 13.0 Å². The van der Waals surface area contributed by atoms with Gasteiger partial charge in [0.1, 0.15) is 5.75 Å². The van der Waals surface area contributed by atoms with Gasteiger partial charge in [-0.2, -0.15) is 0 Å². The van der Waals surface area contributed by atoms with Crippen LogP contribution in [-0.4, -0.2) is 16.1 Å². The number of ether oxygens (including phenoxy) is 1. The highest BCUT2D eigenvalue weighted by Gasteiger charge is 2.22. The van der Waals surface area contributed by atoms with Crippen LogP contribution in [-0.2, 0) is 4.79 Å². The molecule has 0 fully saturated rings. The smallest absolute Gasteiger partial charge is 0.349 e. The Morgan fingerprint density at radius 1 is 1.28 bits per heavy atom. The minimum atomic E-state index is -1.02. The average Bonchev–Trinajstić information content (AvgIpc) is 2.38. The van der Waals surface area contributed by atoms with Crippen molar-refractivity contribution in [3.63, 3.8) is 0 Å². The van der Waals surface area contributed by atoms with Crippen molar-refractivity contribution in [2.24, 2.45) is 0 Å². The van der Waals surface area contributed by atoms with Gasteiger partial charge in [-0.1, -0.05) is 30.3 Å². The van der Waals surface area contributed by atoms with Gasteiger partial charge in [0.25, 0.3) is 0 Å². The number of aryl methyl sites for hydroxylation is 1. The second-order valence-corrected chi connectivity index (χ2v) is 3.89. The van der Waals surface area contributed by atoms with E-state index in [0.717, 1.165) is 5.56 Å². The summed E-state index contributed by atoms with van der Waals surface area (Å²) in [7, 11) is 0. The molecule has 4 nitrogen and oxygen atoms in total. The maximum atomic E-state index is 11.3. The number of pyridine rings is 1. The highest BCUT2D eigenvalue weighted by molar-refractivity contribution is 5.74. The van der Waals surface area contributed by atoms with Crippen LogP contribution in [0, 0.1) is 6.92 Å².